The Kier molecular flexibility index (Phi) is 10.5. The van der Waals surface area contributed by atoms with Crippen molar-refractivity contribution >= 4 is 0 Å². The van der Waals surface area contributed by atoms with Gasteiger partial charge in [-0.2, -0.15) is 0 Å². The van der Waals surface area contributed by atoms with E-state index in [1.165, 1.54) is 102 Å². The molecule has 2 saturated carbocycles. The molecular weight excluding hydrogens is 367 g/mol. The maximum absolute atomic E-state index is 12.2. The third kappa shape index (κ3) is 7.86. The molecule has 2 aliphatic carbocycles. The van der Waals surface area contributed by atoms with Gasteiger partial charge in [0, 0.05) is 0 Å². The Balaban J connectivity index is 1.31. The fraction of sp³-hybridized carbons (Fsp3) is 0.724. The van der Waals surface area contributed by atoms with Gasteiger partial charge in [-0.15, -0.1) is 0 Å². The Morgan fingerprint density at radius 3 is 1.97 bits per heavy atom. The highest BCUT2D eigenvalue weighted by Crippen LogP contribution is 2.40. The lowest BCUT2D eigenvalue weighted by atomic mass is 9.74. The lowest BCUT2D eigenvalue weighted by molar-refractivity contribution is 0.231. The van der Waals surface area contributed by atoms with Gasteiger partial charge >= 0.3 is 0 Å². The average Bonchev–Trinajstić information content (AvgIpc) is 2.81. The zero-order valence-electron chi connectivity index (χ0n) is 19.5. The molecule has 1 aromatic carbocycles. The van der Waals surface area contributed by atoms with E-state index in [0.717, 1.165) is 36.4 Å². The van der Waals surface area contributed by atoms with Crippen LogP contribution in [-0.2, 0) is 6.42 Å². The smallest absolute Gasteiger partial charge is 0.0827 e. The van der Waals surface area contributed by atoms with E-state index in [1.807, 2.05) is 0 Å². The highest BCUT2D eigenvalue weighted by Gasteiger charge is 2.25. The fourth-order valence-electron chi connectivity index (χ4n) is 5.97. The molecule has 0 nitrogen and oxygen atoms in total. The van der Waals surface area contributed by atoms with Gasteiger partial charge < -0.3 is 0 Å². The van der Waals surface area contributed by atoms with Crippen LogP contribution >= 0.6 is 0 Å². The summed E-state index contributed by atoms with van der Waals surface area (Å²) >= 11 is 0. The SMILES string of the molecule is CCCCCCc1ccc(C2CCC(CCC3CCC(CC=CF)CC3)CC2)cc1. The maximum Gasteiger partial charge on any atom is 0.0827 e. The molecule has 2 fully saturated rings. The molecule has 0 amide bonds. The van der Waals surface area contributed by atoms with Crippen molar-refractivity contribution in [3.8, 4) is 0 Å². The molecule has 2 aliphatic rings. The van der Waals surface area contributed by atoms with Crippen LogP contribution in [0, 0.1) is 17.8 Å². The number of allylic oxidation sites excluding steroid dienone is 1. The topological polar surface area (TPSA) is 0 Å². The molecular formula is C29H45F. The summed E-state index contributed by atoms with van der Waals surface area (Å²) in [6, 6.07) is 9.65. The zero-order chi connectivity index (χ0) is 21.0. The number of aryl methyl sites for hydroxylation is 1. The first-order chi connectivity index (χ1) is 14.8. The predicted molar refractivity (Wildman–Crippen MR) is 129 cm³/mol. The molecule has 0 spiro atoms. The first kappa shape index (κ1) is 23.6. The largest absolute Gasteiger partial charge is 0.216 e. The van der Waals surface area contributed by atoms with Crippen molar-refractivity contribution in [2.45, 2.75) is 116 Å². The molecule has 0 aromatic heterocycles. The van der Waals surface area contributed by atoms with E-state index in [0.29, 0.717) is 0 Å². The Labute approximate surface area is 185 Å². The van der Waals surface area contributed by atoms with E-state index in [-0.39, 0.29) is 0 Å². The Morgan fingerprint density at radius 1 is 0.767 bits per heavy atom. The van der Waals surface area contributed by atoms with Crippen molar-refractivity contribution in [1.82, 2.24) is 0 Å². The molecule has 1 heteroatoms. The van der Waals surface area contributed by atoms with Gasteiger partial charge in [-0.3, -0.25) is 0 Å². The number of benzene rings is 1. The summed E-state index contributed by atoms with van der Waals surface area (Å²) in [5.41, 5.74) is 3.12. The third-order valence-electron chi connectivity index (χ3n) is 8.12. The summed E-state index contributed by atoms with van der Waals surface area (Å²) in [6.45, 7) is 2.28. The minimum absolute atomic E-state index is 0.728. The number of hydrogen-bond acceptors (Lipinski definition) is 0. The van der Waals surface area contributed by atoms with E-state index in [4.69, 9.17) is 0 Å². The molecule has 0 radical (unpaired) electrons. The van der Waals surface area contributed by atoms with Gasteiger partial charge in [0.05, 0.1) is 6.33 Å². The molecule has 0 bridgehead atoms. The van der Waals surface area contributed by atoms with Crippen LogP contribution in [0.3, 0.4) is 0 Å². The lowest BCUT2D eigenvalue weighted by Crippen LogP contribution is -2.17. The fourth-order valence-corrected chi connectivity index (χ4v) is 5.97. The minimum atomic E-state index is 0.728. The monoisotopic (exact) mass is 412 g/mol. The number of rotatable bonds is 11. The van der Waals surface area contributed by atoms with Crippen molar-refractivity contribution in [2.24, 2.45) is 17.8 Å². The summed E-state index contributed by atoms with van der Waals surface area (Å²) in [4.78, 5) is 0. The molecule has 168 valence electrons. The molecule has 1 aromatic rings. The van der Waals surface area contributed by atoms with Crippen molar-refractivity contribution in [2.75, 3.05) is 0 Å². The lowest BCUT2D eigenvalue weighted by Gasteiger charge is -2.32. The van der Waals surface area contributed by atoms with Gasteiger partial charge in [-0.25, -0.2) is 4.39 Å². The van der Waals surface area contributed by atoms with Crippen molar-refractivity contribution in [3.05, 3.63) is 47.8 Å². The van der Waals surface area contributed by atoms with Crippen LogP contribution in [0.1, 0.15) is 120 Å². The highest BCUT2D eigenvalue weighted by molar-refractivity contribution is 5.26. The standard InChI is InChI=1S/C29H45F/c1-2-3-4-5-7-24-15-19-28(20-16-24)29-21-17-27(18-22-29)14-13-26-11-9-25(10-12-26)8-6-23-30/h6,15-16,19-20,23,25-27,29H,2-5,7-14,17-18,21-22H2,1H3. The number of hydrogen-bond donors (Lipinski definition) is 0. The Bertz CT molecular complexity index is 585. The van der Waals surface area contributed by atoms with Crippen LogP contribution in [0.25, 0.3) is 0 Å². The molecule has 0 atom stereocenters. The van der Waals surface area contributed by atoms with E-state index in [1.54, 1.807) is 11.6 Å². The highest BCUT2D eigenvalue weighted by atomic mass is 19.1. The van der Waals surface area contributed by atoms with E-state index in [2.05, 4.69) is 31.2 Å². The number of halogens is 1. The summed E-state index contributed by atoms with van der Waals surface area (Å²) < 4.78 is 12.2. The summed E-state index contributed by atoms with van der Waals surface area (Å²) in [7, 11) is 0. The predicted octanol–water partition coefficient (Wildman–Crippen LogP) is 9.54. The molecule has 0 unspecified atom stereocenters. The van der Waals surface area contributed by atoms with Crippen molar-refractivity contribution in [3.63, 3.8) is 0 Å². The molecule has 3 rings (SSSR count). The summed E-state index contributed by atoms with van der Waals surface area (Å²) in [5, 5.41) is 0. The summed E-state index contributed by atoms with van der Waals surface area (Å²) in [5.74, 6) is 3.45. The normalized spacial score (nSPS) is 27.5. The average molecular weight is 413 g/mol. The van der Waals surface area contributed by atoms with Gasteiger partial charge in [0.25, 0.3) is 0 Å². The van der Waals surface area contributed by atoms with Crippen LogP contribution in [0.4, 0.5) is 4.39 Å². The van der Waals surface area contributed by atoms with Crippen molar-refractivity contribution < 1.29 is 4.39 Å². The first-order valence-corrected chi connectivity index (χ1v) is 13.1. The molecule has 0 N–H and O–H groups in total. The van der Waals surface area contributed by atoms with Gasteiger partial charge in [0.15, 0.2) is 0 Å². The number of unbranched alkanes of at least 4 members (excludes halogenated alkanes) is 3. The van der Waals surface area contributed by atoms with E-state index >= 15 is 0 Å². The quantitative estimate of drug-likeness (QED) is 0.317. The van der Waals surface area contributed by atoms with Crippen molar-refractivity contribution in [1.29, 1.82) is 0 Å². The molecule has 0 aliphatic heterocycles. The van der Waals surface area contributed by atoms with E-state index < -0.39 is 0 Å². The second-order valence-electron chi connectivity index (χ2n) is 10.3. The summed E-state index contributed by atoms with van der Waals surface area (Å²) in [6.07, 6.45) is 24.0. The van der Waals surface area contributed by atoms with Crippen LogP contribution in [-0.4, -0.2) is 0 Å². The first-order valence-electron chi connectivity index (χ1n) is 13.1. The maximum atomic E-state index is 12.2. The second-order valence-corrected chi connectivity index (χ2v) is 10.3. The van der Waals surface area contributed by atoms with Gasteiger partial charge in [-0.1, -0.05) is 82.2 Å². The Hall–Kier alpha value is -1.11. The zero-order valence-corrected chi connectivity index (χ0v) is 19.5. The molecule has 30 heavy (non-hydrogen) atoms. The van der Waals surface area contributed by atoms with E-state index in [9.17, 15) is 4.39 Å². The van der Waals surface area contributed by atoms with Crippen LogP contribution in [0.2, 0.25) is 0 Å². The van der Waals surface area contributed by atoms with Gasteiger partial charge in [0.2, 0.25) is 0 Å². The molecule has 0 saturated heterocycles. The van der Waals surface area contributed by atoms with Gasteiger partial charge in [0.1, 0.15) is 0 Å². The second kappa shape index (κ2) is 13.3. The van der Waals surface area contributed by atoms with Gasteiger partial charge in [-0.05, 0) is 92.6 Å². The Morgan fingerprint density at radius 2 is 1.37 bits per heavy atom. The molecule has 0 heterocycles. The van der Waals surface area contributed by atoms with Crippen LogP contribution < -0.4 is 0 Å². The van der Waals surface area contributed by atoms with Crippen LogP contribution in [0.5, 0.6) is 0 Å². The third-order valence-corrected chi connectivity index (χ3v) is 8.12. The van der Waals surface area contributed by atoms with Crippen LogP contribution in [0.15, 0.2) is 36.7 Å². The minimum Gasteiger partial charge on any atom is -0.216 e.